The highest BCUT2D eigenvalue weighted by molar-refractivity contribution is 5.69. The van der Waals surface area contributed by atoms with E-state index < -0.39 is 0 Å². The molecule has 0 rings (SSSR count). The van der Waals surface area contributed by atoms with Gasteiger partial charge in [0, 0.05) is 12.8 Å². The minimum absolute atomic E-state index is 0.0181. The lowest BCUT2D eigenvalue weighted by Crippen LogP contribution is -2.27. The number of rotatable bonds is 39. The standard InChI is InChI=1S/C47H92O5/c1-8-12-16-26-34-42(35-27-17-13-9-2)50-45(48)40-32-24-20-22-30-38-44(52-47(5,6)7)39-31-23-21-25-33-41-46(49)51-43(36-28-18-14-10-3)37-29-19-15-11-4/h42-44H,8-41H2,1-7H3. The first-order valence-electron chi connectivity index (χ1n) is 23.2. The molecule has 52 heavy (non-hydrogen) atoms. The van der Waals surface area contributed by atoms with Crippen molar-refractivity contribution in [2.45, 2.75) is 291 Å². The van der Waals surface area contributed by atoms with Crippen LogP contribution in [0.1, 0.15) is 267 Å². The maximum atomic E-state index is 12.6. The zero-order valence-electron chi connectivity index (χ0n) is 36.3. The number of carbonyl (C=O) groups is 2. The molecule has 5 nitrogen and oxygen atoms in total. The average molecular weight is 737 g/mol. The predicted molar refractivity (Wildman–Crippen MR) is 224 cm³/mol. The van der Waals surface area contributed by atoms with E-state index in [0.29, 0.717) is 18.9 Å². The maximum absolute atomic E-state index is 12.6. The Hall–Kier alpha value is -1.10. The third-order valence-electron chi connectivity index (χ3n) is 10.4. The number of esters is 2. The van der Waals surface area contributed by atoms with E-state index in [-0.39, 0.29) is 29.7 Å². The Kier molecular flexibility index (Phi) is 36.1. The van der Waals surface area contributed by atoms with Crippen LogP contribution >= 0.6 is 0 Å². The van der Waals surface area contributed by atoms with Crippen molar-refractivity contribution < 1.29 is 23.8 Å². The van der Waals surface area contributed by atoms with Crippen LogP contribution in [-0.2, 0) is 23.8 Å². The van der Waals surface area contributed by atoms with E-state index >= 15 is 0 Å². The third kappa shape index (κ3) is 35.9. The van der Waals surface area contributed by atoms with Crippen molar-refractivity contribution in [3.05, 3.63) is 0 Å². The van der Waals surface area contributed by atoms with Crippen molar-refractivity contribution in [2.24, 2.45) is 0 Å². The van der Waals surface area contributed by atoms with Crippen molar-refractivity contribution in [3.63, 3.8) is 0 Å². The van der Waals surface area contributed by atoms with Gasteiger partial charge in [-0.3, -0.25) is 9.59 Å². The molecule has 0 atom stereocenters. The molecule has 0 aromatic rings. The van der Waals surface area contributed by atoms with Crippen LogP contribution in [0.25, 0.3) is 0 Å². The minimum Gasteiger partial charge on any atom is -0.462 e. The van der Waals surface area contributed by atoms with Crippen LogP contribution in [-0.4, -0.2) is 35.9 Å². The molecule has 0 bridgehead atoms. The van der Waals surface area contributed by atoms with Gasteiger partial charge in [-0.25, -0.2) is 0 Å². The molecule has 5 heteroatoms. The number of hydrogen-bond acceptors (Lipinski definition) is 5. The molecule has 0 aliphatic carbocycles. The average Bonchev–Trinajstić information content (AvgIpc) is 3.10. The molecule has 0 aromatic heterocycles. The van der Waals surface area contributed by atoms with Gasteiger partial charge in [-0.1, -0.05) is 156 Å². The monoisotopic (exact) mass is 737 g/mol. The van der Waals surface area contributed by atoms with E-state index in [1.807, 2.05) is 0 Å². The topological polar surface area (TPSA) is 61.8 Å². The fourth-order valence-electron chi connectivity index (χ4n) is 7.31. The summed E-state index contributed by atoms with van der Waals surface area (Å²) in [5.74, 6) is 0.0362. The summed E-state index contributed by atoms with van der Waals surface area (Å²) in [4.78, 5) is 25.3. The molecular formula is C47H92O5. The summed E-state index contributed by atoms with van der Waals surface area (Å²) in [6.45, 7) is 15.5. The molecule has 0 aromatic carbocycles. The molecule has 0 unspecified atom stereocenters. The van der Waals surface area contributed by atoms with Crippen LogP contribution in [0.5, 0.6) is 0 Å². The maximum Gasteiger partial charge on any atom is 0.306 e. The van der Waals surface area contributed by atoms with Gasteiger partial charge < -0.3 is 14.2 Å². The molecule has 0 radical (unpaired) electrons. The second-order valence-electron chi connectivity index (χ2n) is 17.1. The number of hydrogen-bond donors (Lipinski definition) is 0. The first kappa shape index (κ1) is 50.9. The first-order chi connectivity index (χ1) is 25.1. The predicted octanol–water partition coefficient (Wildman–Crippen LogP) is 15.3. The molecule has 0 aliphatic heterocycles. The number of ether oxygens (including phenoxy) is 3. The Morgan fingerprint density at radius 3 is 0.904 bits per heavy atom. The summed E-state index contributed by atoms with van der Waals surface area (Å²) in [6.07, 6.45) is 39.0. The lowest BCUT2D eigenvalue weighted by Gasteiger charge is -2.28. The Morgan fingerprint density at radius 1 is 0.365 bits per heavy atom. The molecule has 310 valence electrons. The van der Waals surface area contributed by atoms with Crippen LogP contribution in [0, 0.1) is 0 Å². The van der Waals surface area contributed by atoms with Gasteiger partial charge in [-0.15, -0.1) is 0 Å². The van der Waals surface area contributed by atoms with Gasteiger partial charge in [0.05, 0.1) is 11.7 Å². The van der Waals surface area contributed by atoms with Crippen molar-refractivity contribution >= 4 is 11.9 Å². The fraction of sp³-hybridized carbons (Fsp3) is 0.957. The Morgan fingerprint density at radius 2 is 0.615 bits per heavy atom. The normalized spacial score (nSPS) is 12.0. The molecule has 0 amide bonds. The van der Waals surface area contributed by atoms with E-state index in [2.05, 4.69) is 48.5 Å². The van der Waals surface area contributed by atoms with Crippen molar-refractivity contribution in [1.29, 1.82) is 0 Å². The summed E-state index contributed by atoms with van der Waals surface area (Å²) in [7, 11) is 0. The quantitative estimate of drug-likeness (QED) is 0.0464. The largest absolute Gasteiger partial charge is 0.462 e. The van der Waals surface area contributed by atoms with Crippen LogP contribution in [0.3, 0.4) is 0 Å². The minimum atomic E-state index is -0.126. The van der Waals surface area contributed by atoms with Crippen molar-refractivity contribution in [3.8, 4) is 0 Å². The lowest BCUT2D eigenvalue weighted by molar-refractivity contribution is -0.151. The van der Waals surface area contributed by atoms with Crippen LogP contribution in [0.4, 0.5) is 0 Å². The third-order valence-corrected chi connectivity index (χ3v) is 10.4. The highest BCUT2D eigenvalue weighted by atomic mass is 16.5. The molecule has 0 saturated carbocycles. The number of unbranched alkanes of at least 4 members (excludes halogenated alkanes) is 20. The van der Waals surface area contributed by atoms with Crippen molar-refractivity contribution in [1.82, 2.24) is 0 Å². The van der Waals surface area contributed by atoms with E-state index in [1.54, 1.807) is 0 Å². The molecule has 0 N–H and O–H groups in total. The summed E-state index contributed by atoms with van der Waals surface area (Å²) >= 11 is 0. The van der Waals surface area contributed by atoms with E-state index in [9.17, 15) is 9.59 Å². The second-order valence-corrected chi connectivity index (χ2v) is 17.1. The smallest absolute Gasteiger partial charge is 0.306 e. The highest BCUT2D eigenvalue weighted by Crippen LogP contribution is 2.23. The SMILES string of the molecule is CCCCCCC(CCCCCC)OC(=O)CCCCCCCC(CCCCCCCC(=O)OC(CCCCCC)CCCCCC)OC(C)(C)C. The Labute approximate surface area is 325 Å². The van der Waals surface area contributed by atoms with Gasteiger partial charge in [0.1, 0.15) is 12.2 Å². The number of carbonyl (C=O) groups excluding carboxylic acids is 2. The molecule has 0 fully saturated rings. The molecule has 0 spiro atoms. The zero-order valence-corrected chi connectivity index (χ0v) is 36.3. The molecular weight excluding hydrogens is 645 g/mol. The van der Waals surface area contributed by atoms with Gasteiger partial charge in [0.15, 0.2) is 0 Å². The highest BCUT2D eigenvalue weighted by Gasteiger charge is 2.19. The van der Waals surface area contributed by atoms with Crippen LogP contribution < -0.4 is 0 Å². The fourth-order valence-corrected chi connectivity index (χ4v) is 7.31. The lowest BCUT2D eigenvalue weighted by atomic mass is 10.0. The molecule has 0 saturated heterocycles. The van der Waals surface area contributed by atoms with Crippen LogP contribution in [0.15, 0.2) is 0 Å². The Bertz CT molecular complexity index is 694. The molecule has 0 aliphatic rings. The van der Waals surface area contributed by atoms with Crippen molar-refractivity contribution in [2.75, 3.05) is 0 Å². The van der Waals surface area contributed by atoms with Gasteiger partial charge in [-0.2, -0.15) is 0 Å². The van der Waals surface area contributed by atoms with Gasteiger partial charge in [-0.05, 0) is 97.8 Å². The summed E-state index contributed by atoms with van der Waals surface area (Å²) < 4.78 is 18.4. The van der Waals surface area contributed by atoms with E-state index in [0.717, 1.165) is 64.2 Å². The van der Waals surface area contributed by atoms with Gasteiger partial charge in [0.25, 0.3) is 0 Å². The van der Waals surface area contributed by atoms with E-state index in [1.165, 1.54) is 141 Å². The van der Waals surface area contributed by atoms with E-state index in [4.69, 9.17) is 14.2 Å². The Balaban J connectivity index is 4.27. The molecule has 0 heterocycles. The zero-order chi connectivity index (χ0) is 38.5. The second kappa shape index (κ2) is 36.9. The van der Waals surface area contributed by atoms with Crippen LogP contribution in [0.2, 0.25) is 0 Å². The summed E-state index contributed by atoms with van der Waals surface area (Å²) in [6, 6.07) is 0. The van der Waals surface area contributed by atoms with Gasteiger partial charge in [0.2, 0.25) is 0 Å². The summed E-state index contributed by atoms with van der Waals surface area (Å²) in [5.41, 5.74) is -0.126. The summed E-state index contributed by atoms with van der Waals surface area (Å²) in [5, 5.41) is 0. The van der Waals surface area contributed by atoms with Gasteiger partial charge >= 0.3 is 11.9 Å². The first-order valence-corrected chi connectivity index (χ1v) is 23.2.